The Morgan fingerprint density at radius 3 is 2.35 bits per heavy atom. The predicted molar refractivity (Wildman–Crippen MR) is 76.0 cm³/mol. The van der Waals surface area contributed by atoms with Gasteiger partial charge in [0.2, 0.25) is 0 Å². The Morgan fingerprint density at radius 1 is 1.24 bits per heavy atom. The fourth-order valence-electron chi connectivity index (χ4n) is 1.89. The SMILES string of the molecule is CNC(c1cc(Br)cc(Br)c1)c1ccnn1C. The molecule has 0 amide bonds. The van der Waals surface area contributed by atoms with Crippen LogP contribution in [0.3, 0.4) is 0 Å². The summed E-state index contributed by atoms with van der Waals surface area (Å²) in [6.45, 7) is 0. The Bertz CT molecular complexity index is 502. The summed E-state index contributed by atoms with van der Waals surface area (Å²) in [5.41, 5.74) is 2.33. The Labute approximate surface area is 117 Å². The summed E-state index contributed by atoms with van der Waals surface area (Å²) in [4.78, 5) is 0. The second-order valence-electron chi connectivity index (χ2n) is 3.80. The van der Waals surface area contributed by atoms with Crippen LogP contribution in [0.15, 0.2) is 39.4 Å². The minimum atomic E-state index is 0.135. The van der Waals surface area contributed by atoms with Gasteiger partial charge in [-0.2, -0.15) is 5.10 Å². The molecule has 1 atom stereocenters. The van der Waals surface area contributed by atoms with E-state index >= 15 is 0 Å². The average molecular weight is 359 g/mol. The van der Waals surface area contributed by atoms with Crippen molar-refractivity contribution in [2.45, 2.75) is 6.04 Å². The molecule has 0 spiro atoms. The first-order valence-corrected chi connectivity index (χ1v) is 6.81. The number of nitrogens with one attached hydrogen (secondary N) is 1. The summed E-state index contributed by atoms with van der Waals surface area (Å²) in [5.74, 6) is 0. The molecule has 0 saturated carbocycles. The average Bonchev–Trinajstić information content (AvgIpc) is 2.65. The van der Waals surface area contributed by atoms with E-state index < -0.39 is 0 Å². The first-order chi connectivity index (χ1) is 8.11. The van der Waals surface area contributed by atoms with Crippen LogP contribution in [0.5, 0.6) is 0 Å². The van der Waals surface area contributed by atoms with E-state index in [1.807, 2.05) is 37.1 Å². The van der Waals surface area contributed by atoms with Crippen LogP contribution in [0.25, 0.3) is 0 Å². The molecular weight excluding hydrogens is 346 g/mol. The fourth-order valence-corrected chi connectivity index (χ4v) is 3.22. The van der Waals surface area contributed by atoms with E-state index in [4.69, 9.17) is 0 Å². The van der Waals surface area contributed by atoms with Gasteiger partial charge in [0.25, 0.3) is 0 Å². The second kappa shape index (κ2) is 5.33. The Hall–Kier alpha value is -0.650. The minimum Gasteiger partial charge on any atom is -0.308 e. The molecule has 17 heavy (non-hydrogen) atoms. The van der Waals surface area contributed by atoms with Gasteiger partial charge in [-0.15, -0.1) is 0 Å². The molecule has 0 aliphatic rings. The third kappa shape index (κ3) is 2.78. The fraction of sp³-hybridized carbons (Fsp3) is 0.250. The van der Waals surface area contributed by atoms with Gasteiger partial charge in [0.05, 0.1) is 11.7 Å². The zero-order valence-corrected chi connectivity index (χ0v) is 12.8. The zero-order chi connectivity index (χ0) is 12.4. The largest absolute Gasteiger partial charge is 0.308 e. The van der Waals surface area contributed by atoms with Crippen LogP contribution in [0.4, 0.5) is 0 Å². The van der Waals surface area contributed by atoms with Crippen molar-refractivity contribution in [3.05, 3.63) is 50.7 Å². The highest BCUT2D eigenvalue weighted by Gasteiger charge is 2.16. The number of aromatic nitrogens is 2. The lowest BCUT2D eigenvalue weighted by Gasteiger charge is -2.17. The molecule has 0 fully saturated rings. The molecule has 0 aliphatic carbocycles. The van der Waals surface area contributed by atoms with E-state index in [9.17, 15) is 0 Å². The smallest absolute Gasteiger partial charge is 0.0746 e. The number of hydrogen-bond donors (Lipinski definition) is 1. The predicted octanol–water partition coefficient (Wildman–Crippen LogP) is 3.25. The molecule has 90 valence electrons. The third-order valence-electron chi connectivity index (χ3n) is 2.66. The van der Waals surface area contributed by atoms with Crippen molar-refractivity contribution in [2.24, 2.45) is 7.05 Å². The van der Waals surface area contributed by atoms with Gasteiger partial charge in [-0.1, -0.05) is 31.9 Å². The van der Waals surface area contributed by atoms with Crippen molar-refractivity contribution < 1.29 is 0 Å². The number of nitrogens with zero attached hydrogens (tertiary/aromatic N) is 2. The molecule has 1 aromatic carbocycles. The van der Waals surface area contributed by atoms with Crippen LogP contribution >= 0.6 is 31.9 Å². The number of halogens is 2. The summed E-state index contributed by atoms with van der Waals surface area (Å²) in [7, 11) is 3.90. The van der Waals surface area contributed by atoms with E-state index in [0.29, 0.717) is 0 Å². The molecule has 0 aliphatic heterocycles. The molecule has 1 unspecified atom stereocenters. The van der Waals surface area contributed by atoms with Crippen molar-refractivity contribution in [3.8, 4) is 0 Å². The van der Waals surface area contributed by atoms with Crippen LogP contribution in [-0.4, -0.2) is 16.8 Å². The summed E-state index contributed by atoms with van der Waals surface area (Å²) < 4.78 is 4.00. The first kappa shape index (κ1) is 12.8. The van der Waals surface area contributed by atoms with Crippen LogP contribution < -0.4 is 5.32 Å². The number of rotatable bonds is 3. The zero-order valence-electron chi connectivity index (χ0n) is 9.61. The van der Waals surface area contributed by atoms with Gasteiger partial charge in [0.1, 0.15) is 0 Å². The van der Waals surface area contributed by atoms with Gasteiger partial charge in [-0.05, 0) is 36.9 Å². The minimum absolute atomic E-state index is 0.135. The normalized spacial score (nSPS) is 12.7. The summed E-state index contributed by atoms with van der Waals surface area (Å²) in [6.07, 6.45) is 1.81. The monoisotopic (exact) mass is 357 g/mol. The van der Waals surface area contributed by atoms with Gasteiger partial charge in [-0.25, -0.2) is 0 Å². The molecule has 3 nitrogen and oxygen atoms in total. The highest BCUT2D eigenvalue weighted by molar-refractivity contribution is 9.11. The summed E-state index contributed by atoms with van der Waals surface area (Å²) in [6, 6.07) is 8.41. The standard InChI is InChI=1S/C12H13Br2N3/c1-15-12(11-3-4-16-17(11)2)8-5-9(13)7-10(14)6-8/h3-7,12,15H,1-2H3. The van der Waals surface area contributed by atoms with Gasteiger partial charge in [0.15, 0.2) is 0 Å². The maximum atomic E-state index is 4.21. The van der Waals surface area contributed by atoms with Crippen molar-refractivity contribution >= 4 is 31.9 Å². The van der Waals surface area contributed by atoms with Crippen LogP contribution in [0.1, 0.15) is 17.3 Å². The molecule has 2 rings (SSSR count). The number of benzene rings is 1. The van der Waals surface area contributed by atoms with E-state index in [1.54, 1.807) is 0 Å². The lowest BCUT2D eigenvalue weighted by Crippen LogP contribution is -2.20. The molecular formula is C12H13Br2N3. The van der Waals surface area contributed by atoms with Crippen LogP contribution in [0.2, 0.25) is 0 Å². The molecule has 5 heteroatoms. The molecule has 1 aromatic heterocycles. The molecule has 1 heterocycles. The van der Waals surface area contributed by atoms with Gasteiger partial charge in [0, 0.05) is 22.2 Å². The summed E-state index contributed by atoms with van der Waals surface area (Å²) in [5, 5.41) is 7.52. The number of aryl methyl sites for hydroxylation is 1. The maximum absolute atomic E-state index is 4.21. The number of hydrogen-bond acceptors (Lipinski definition) is 2. The van der Waals surface area contributed by atoms with E-state index in [-0.39, 0.29) is 6.04 Å². The lowest BCUT2D eigenvalue weighted by atomic mass is 10.0. The summed E-state index contributed by atoms with van der Waals surface area (Å²) >= 11 is 7.02. The van der Waals surface area contributed by atoms with E-state index in [1.165, 1.54) is 5.56 Å². The molecule has 0 bridgehead atoms. The van der Waals surface area contributed by atoms with Crippen molar-refractivity contribution in [3.63, 3.8) is 0 Å². The third-order valence-corrected chi connectivity index (χ3v) is 3.58. The highest BCUT2D eigenvalue weighted by atomic mass is 79.9. The van der Waals surface area contributed by atoms with Gasteiger partial charge >= 0.3 is 0 Å². The van der Waals surface area contributed by atoms with Gasteiger partial charge < -0.3 is 5.32 Å². The van der Waals surface area contributed by atoms with Crippen molar-refractivity contribution in [1.82, 2.24) is 15.1 Å². The molecule has 0 saturated heterocycles. The molecule has 0 radical (unpaired) electrons. The highest BCUT2D eigenvalue weighted by Crippen LogP contribution is 2.27. The van der Waals surface area contributed by atoms with E-state index in [2.05, 4.69) is 54.4 Å². The second-order valence-corrected chi connectivity index (χ2v) is 5.64. The molecule has 2 aromatic rings. The maximum Gasteiger partial charge on any atom is 0.0746 e. The van der Waals surface area contributed by atoms with Crippen molar-refractivity contribution in [1.29, 1.82) is 0 Å². The van der Waals surface area contributed by atoms with Crippen LogP contribution in [0, 0.1) is 0 Å². The van der Waals surface area contributed by atoms with E-state index in [0.717, 1.165) is 14.6 Å². The quantitative estimate of drug-likeness (QED) is 0.912. The molecule has 1 N–H and O–H groups in total. The Balaban J connectivity index is 2.45. The van der Waals surface area contributed by atoms with Crippen molar-refractivity contribution in [2.75, 3.05) is 7.05 Å². The lowest BCUT2D eigenvalue weighted by molar-refractivity contribution is 0.605. The topological polar surface area (TPSA) is 29.9 Å². The van der Waals surface area contributed by atoms with Crippen LogP contribution in [-0.2, 0) is 7.05 Å². The van der Waals surface area contributed by atoms with Gasteiger partial charge in [-0.3, -0.25) is 4.68 Å². The first-order valence-electron chi connectivity index (χ1n) is 5.23. The Kier molecular flexibility index (Phi) is 4.01. The Morgan fingerprint density at radius 2 is 1.88 bits per heavy atom.